The Morgan fingerprint density at radius 1 is 1.09 bits per heavy atom. The number of hydrazone groups is 1. The van der Waals surface area contributed by atoms with Crippen molar-refractivity contribution in [2.75, 3.05) is 27.8 Å². The van der Waals surface area contributed by atoms with Crippen molar-refractivity contribution >= 4 is 17.5 Å². The molecule has 1 aliphatic carbocycles. The summed E-state index contributed by atoms with van der Waals surface area (Å²) in [5.41, 5.74) is 3.74. The fraction of sp³-hybridized carbons (Fsp3) is 0.400. The van der Waals surface area contributed by atoms with Crippen LogP contribution in [-0.2, 0) is 9.59 Å². The predicted octanol–water partition coefficient (Wildman–Crippen LogP) is 3.56. The maximum Gasteiger partial charge on any atom is 0.262 e. The molecule has 2 aromatic rings. The summed E-state index contributed by atoms with van der Waals surface area (Å²) in [6.07, 6.45) is 2.37. The maximum atomic E-state index is 13.3. The summed E-state index contributed by atoms with van der Waals surface area (Å²) in [7, 11) is 4.90. The van der Waals surface area contributed by atoms with Crippen molar-refractivity contribution in [2.45, 2.75) is 32.2 Å². The van der Waals surface area contributed by atoms with Crippen LogP contribution in [0.15, 0.2) is 47.6 Å². The Morgan fingerprint density at radius 3 is 2.44 bits per heavy atom. The van der Waals surface area contributed by atoms with Gasteiger partial charge in [0.05, 0.1) is 26.0 Å². The lowest BCUT2D eigenvalue weighted by Crippen LogP contribution is -2.39. The van der Waals surface area contributed by atoms with E-state index < -0.39 is 0 Å². The molecule has 0 unspecified atom stereocenters. The van der Waals surface area contributed by atoms with Gasteiger partial charge in [-0.15, -0.1) is 0 Å². The quantitative estimate of drug-likeness (QED) is 0.667. The van der Waals surface area contributed by atoms with Crippen molar-refractivity contribution in [3.05, 3.63) is 59.2 Å². The molecule has 0 aromatic heterocycles. The minimum atomic E-state index is -0.241. The van der Waals surface area contributed by atoms with Crippen LogP contribution in [0.4, 0.5) is 0 Å². The van der Waals surface area contributed by atoms with E-state index in [0.717, 1.165) is 35.2 Å². The van der Waals surface area contributed by atoms with Gasteiger partial charge in [0, 0.05) is 31.0 Å². The molecule has 168 valence electrons. The van der Waals surface area contributed by atoms with Crippen LogP contribution in [0.3, 0.4) is 0 Å². The first-order chi connectivity index (χ1) is 15.4. The number of ether oxygens (including phenoxy) is 2. The smallest absolute Gasteiger partial charge is 0.262 e. The van der Waals surface area contributed by atoms with Crippen LogP contribution in [0.25, 0.3) is 0 Å². The molecule has 7 heteroatoms. The van der Waals surface area contributed by atoms with Crippen molar-refractivity contribution in [1.82, 2.24) is 9.91 Å². The Bertz CT molecular complexity index is 1040. The van der Waals surface area contributed by atoms with Crippen molar-refractivity contribution < 1.29 is 19.1 Å². The summed E-state index contributed by atoms with van der Waals surface area (Å²) in [6, 6.07) is 13.5. The van der Waals surface area contributed by atoms with Crippen LogP contribution in [0.2, 0.25) is 0 Å². The second-order valence-corrected chi connectivity index (χ2v) is 8.45. The topological polar surface area (TPSA) is 71.4 Å². The number of carbonyl (C=O) groups is 2. The van der Waals surface area contributed by atoms with Gasteiger partial charge in [-0.3, -0.25) is 9.59 Å². The van der Waals surface area contributed by atoms with Gasteiger partial charge in [0.1, 0.15) is 18.0 Å². The lowest BCUT2D eigenvalue weighted by molar-refractivity contribution is -0.141. The summed E-state index contributed by atoms with van der Waals surface area (Å²) in [4.78, 5) is 27.1. The Labute approximate surface area is 188 Å². The van der Waals surface area contributed by atoms with E-state index in [1.165, 1.54) is 9.91 Å². The first-order valence-corrected chi connectivity index (χ1v) is 10.8. The number of aryl methyl sites for hydroxylation is 1. The fourth-order valence-corrected chi connectivity index (χ4v) is 3.98. The van der Waals surface area contributed by atoms with Crippen LogP contribution in [0.1, 0.15) is 42.0 Å². The van der Waals surface area contributed by atoms with Gasteiger partial charge in [0.2, 0.25) is 5.91 Å². The molecule has 1 atom stereocenters. The number of benzene rings is 2. The number of nitrogens with zero attached hydrogens (tertiary/aromatic N) is 3. The van der Waals surface area contributed by atoms with Crippen molar-refractivity contribution in [1.29, 1.82) is 0 Å². The third-order valence-corrected chi connectivity index (χ3v) is 6.02. The summed E-state index contributed by atoms with van der Waals surface area (Å²) >= 11 is 0. The van der Waals surface area contributed by atoms with E-state index in [0.29, 0.717) is 17.9 Å². The summed E-state index contributed by atoms with van der Waals surface area (Å²) in [6.45, 7) is 2.04. The minimum absolute atomic E-state index is 0.00816. The van der Waals surface area contributed by atoms with Crippen molar-refractivity contribution in [3.8, 4) is 11.5 Å². The van der Waals surface area contributed by atoms with E-state index in [2.05, 4.69) is 0 Å². The van der Waals surface area contributed by atoms with Crippen LogP contribution in [0.5, 0.6) is 11.5 Å². The van der Waals surface area contributed by atoms with Gasteiger partial charge in [-0.2, -0.15) is 5.10 Å². The first kappa shape index (κ1) is 21.9. The van der Waals surface area contributed by atoms with E-state index in [9.17, 15) is 9.59 Å². The summed E-state index contributed by atoms with van der Waals surface area (Å²) in [5, 5.41) is 6.25. The molecular weight excluding hydrogens is 406 g/mol. The van der Waals surface area contributed by atoms with Gasteiger partial charge in [-0.1, -0.05) is 29.8 Å². The number of carbonyl (C=O) groups excluding carboxylic acids is 2. The number of methoxy groups -OCH3 is 2. The Morgan fingerprint density at radius 2 is 1.81 bits per heavy atom. The number of rotatable bonds is 7. The number of hydrogen-bond acceptors (Lipinski definition) is 5. The summed E-state index contributed by atoms with van der Waals surface area (Å²) < 4.78 is 10.9. The molecule has 7 nitrogen and oxygen atoms in total. The predicted molar refractivity (Wildman–Crippen MR) is 122 cm³/mol. The zero-order valence-corrected chi connectivity index (χ0v) is 19.0. The average Bonchev–Trinajstić information content (AvgIpc) is 3.56. The van der Waals surface area contributed by atoms with E-state index >= 15 is 0 Å². The molecule has 0 radical (unpaired) electrons. The summed E-state index contributed by atoms with van der Waals surface area (Å²) in [5.74, 6) is 1.23. The normalized spacial score (nSPS) is 17.7. The van der Waals surface area contributed by atoms with Crippen molar-refractivity contribution in [3.63, 3.8) is 0 Å². The number of likely N-dealkylation sites (N-methyl/N-ethyl adjacent to an activating group) is 1. The van der Waals surface area contributed by atoms with E-state index in [1.807, 2.05) is 49.4 Å². The van der Waals surface area contributed by atoms with Gasteiger partial charge in [0.25, 0.3) is 5.91 Å². The fourth-order valence-electron chi connectivity index (χ4n) is 3.98. The van der Waals surface area contributed by atoms with Gasteiger partial charge < -0.3 is 14.4 Å². The SMILES string of the molecule is COc1ccc(C2=NN(C(=O)CN(C)C(=O)C3CC3)[C@H](c3ccc(C)cc3)C2)c(OC)c1. The van der Waals surface area contributed by atoms with Crippen LogP contribution in [0, 0.1) is 12.8 Å². The molecule has 0 spiro atoms. The Hall–Kier alpha value is -3.35. The lowest BCUT2D eigenvalue weighted by atomic mass is 9.97. The highest BCUT2D eigenvalue weighted by Gasteiger charge is 2.37. The third kappa shape index (κ3) is 4.47. The molecule has 2 amide bonds. The molecule has 4 rings (SSSR count). The standard InChI is InChI=1S/C25H29N3O4/c1-16-5-7-17(8-6-16)22-14-21(20-12-11-19(31-3)13-23(20)32-4)26-28(22)24(29)15-27(2)25(30)18-9-10-18/h5-8,11-13,18,22H,9-10,14-15H2,1-4H3/t22-/m0/s1. The van der Waals surface area contributed by atoms with E-state index in [4.69, 9.17) is 14.6 Å². The highest BCUT2D eigenvalue weighted by atomic mass is 16.5. The van der Waals surface area contributed by atoms with Crippen LogP contribution >= 0.6 is 0 Å². The number of amides is 2. The molecule has 2 aliphatic rings. The van der Waals surface area contributed by atoms with E-state index in [1.54, 1.807) is 21.3 Å². The molecule has 0 saturated heterocycles. The number of hydrogen-bond donors (Lipinski definition) is 0. The van der Waals surface area contributed by atoms with E-state index in [-0.39, 0.29) is 30.3 Å². The van der Waals surface area contributed by atoms with Gasteiger partial charge in [-0.25, -0.2) is 5.01 Å². The van der Waals surface area contributed by atoms with Crippen LogP contribution < -0.4 is 9.47 Å². The molecule has 2 aromatic carbocycles. The average molecular weight is 436 g/mol. The molecule has 1 aliphatic heterocycles. The Balaban J connectivity index is 1.64. The monoisotopic (exact) mass is 435 g/mol. The Kier molecular flexibility index (Phi) is 6.17. The lowest BCUT2D eigenvalue weighted by Gasteiger charge is -2.25. The second kappa shape index (κ2) is 9.02. The minimum Gasteiger partial charge on any atom is -0.497 e. The molecule has 1 saturated carbocycles. The maximum absolute atomic E-state index is 13.3. The molecule has 0 N–H and O–H groups in total. The largest absolute Gasteiger partial charge is 0.497 e. The molecule has 32 heavy (non-hydrogen) atoms. The van der Waals surface area contributed by atoms with Crippen molar-refractivity contribution in [2.24, 2.45) is 11.0 Å². The van der Waals surface area contributed by atoms with Crippen LogP contribution in [-0.4, -0.2) is 55.2 Å². The molecule has 0 bridgehead atoms. The molecule has 1 heterocycles. The zero-order chi connectivity index (χ0) is 22.8. The third-order valence-electron chi connectivity index (χ3n) is 6.02. The molecule has 1 fully saturated rings. The van der Waals surface area contributed by atoms with Gasteiger partial charge in [-0.05, 0) is 37.5 Å². The van der Waals surface area contributed by atoms with Gasteiger partial charge in [0.15, 0.2) is 0 Å². The van der Waals surface area contributed by atoms with Gasteiger partial charge >= 0.3 is 0 Å². The molecular formula is C25H29N3O4. The first-order valence-electron chi connectivity index (χ1n) is 10.8. The highest BCUT2D eigenvalue weighted by molar-refractivity contribution is 6.05. The second-order valence-electron chi connectivity index (χ2n) is 8.45. The zero-order valence-electron chi connectivity index (χ0n) is 19.0. The highest BCUT2D eigenvalue weighted by Crippen LogP contribution is 2.36.